The second-order valence-corrected chi connectivity index (χ2v) is 4.39. The molecule has 0 saturated carbocycles. The number of hydrogen-bond acceptors (Lipinski definition) is 1. The molecule has 1 aromatic carbocycles. The van der Waals surface area contributed by atoms with Crippen LogP contribution < -0.4 is 0 Å². The van der Waals surface area contributed by atoms with Crippen LogP contribution in [-0.4, -0.2) is 4.98 Å². The summed E-state index contributed by atoms with van der Waals surface area (Å²) in [6.45, 7) is 2.71. The van der Waals surface area contributed by atoms with Crippen molar-refractivity contribution in [2.24, 2.45) is 0 Å². The van der Waals surface area contributed by atoms with Crippen molar-refractivity contribution in [1.82, 2.24) is 4.98 Å². The second-order valence-electron chi connectivity index (χ2n) is 4.02. The third kappa shape index (κ3) is 2.03. The lowest BCUT2D eigenvalue weighted by Crippen LogP contribution is -2.11. The first-order valence-corrected chi connectivity index (χ1v) is 5.42. The van der Waals surface area contributed by atoms with Crippen LogP contribution in [0.15, 0.2) is 12.1 Å². The van der Waals surface area contributed by atoms with Crippen LogP contribution in [0.25, 0.3) is 10.9 Å². The van der Waals surface area contributed by atoms with Crippen LogP contribution >= 0.6 is 11.6 Å². The van der Waals surface area contributed by atoms with Crippen molar-refractivity contribution in [3.8, 4) is 0 Å². The van der Waals surface area contributed by atoms with Gasteiger partial charge in [0.25, 0.3) is 0 Å². The molecule has 1 aromatic heterocycles. The van der Waals surface area contributed by atoms with Gasteiger partial charge in [-0.15, -0.1) is 0 Å². The average Bonchev–Trinajstić information content (AvgIpc) is 2.22. The predicted octanol–water partition coefficient (Wildman–Crippen LogP) is 4.66. The van der Waals surface area contributed by atoms with E-state index in [0.29, 0.717) is 5.56 Å². The van der Waals surface area contributed by atoms with E-state index in [1.54, 1.807) is 0 Å². The Morgan fingerprint density at radius 1 is 1.17 bits per heavy atom. The number of hydrogen-bond donors (Lipinski definition) is 0. The van der Waals surface area contributed by atoms with Crippen molar-refractivity contribution in [2.45, 2.75) is 20.0 Å². The molecule has 0 N–H and O–H groups in total. The van der Waals surface area contributed by atoms with Gasteiger partial charge in [-0.25, -0.2) is 9.37 Å². The largest absolute Gasteiger partial charge is 0.433 e. The van der Waals surface area contributed by atoms with Gasteiger partial charge in [0, 0.05) is 5.39 Å². The summed E-state index contributed by atoms with van der Waals surface area (Å²) in [5.74, 6) is -0.553. The molecule has 0 amide bonds. The van der Waals surface area contributed by atoms with Gasteiger partial charge in [-0.1, -0.05) is 11.6 Å². The molecule has 0 unspecified atom stereocenters. The Kier molecular flexibility index (Phi) is 2.97. The van der Waals surface area contributed by atoms with Gasteiger partial charge in [0.1, 0.15) is 11.5 Å². The normalized spacial score (nSPS) is 12.2. The minimum atomic E-state index is -4.58. The molecule has 0 aliphatic carbocycles. The van der Waals surface area contributed by atoms with Crippen molar-refractivity contribution in [2.75, 3.05) is 0 Å². The number of alkyl halides is 3. The molecule has 96 valence electrons. The number of rotatable bonds is 0. The number of aromatic nitrogens is 1. The Balaban J connectivity index is 2.93. The van der Waals surface area contributed by atoms with Gasteiger partial charge in [-0.3, -0.25) is 0 Å². The minimum absolute atomic E-state index is 0.0688. The van der Waals surface area contributed by atoms with Crippen LogP contribution in [0.4, 0.5) is 17.6 Å². The van der Waals surface area contributed by atoms with E-state index in [1.807, 2.05) is 0 Å². The summed E-state index contributed by atoms with van der Waals surface area (Å²) in [7, 11) is 0. The summed E-state index contributed by atoms with van der Waals surface area (Å²) < 4.78 is 51.6. The van der Waals surface area contributed by atoms with E-state index in [9.17, 15) is 17.6 Å². The maximum Gasteiger partial charge on any atom is 0.433 e. The van der Waals surface area contributed by atoms with E-state index in [0.717, 1.165) is 12.1 Å². The first kappa shape index (κ1) is 13.1. The molecule has 2 aromatic rings. The maximum absolute atomic E-state index is 13.2. The Labute approximate surface area is 105 Å². The molecule has 0 spiro atoms. The van der Waals surface area contributed by atoms with Crippen molar-refractivity contribution in [3.05, 3.63) is 39.8 Å². The number of fused-ring (bicyclic) bond motifs is 1. The molecule has 2 rings (SSSR count). The van der Waals surface area contributed by atoms with Crippen LogP contribution in [0.3, 0.4) is 0 Å². The lowest BCUT2D eigenvalue weighted by molar-refractivity contribution is -0.141. The van der Waals surface area contributed by atoms with Gasteiger partial charge in [-0.05, 0) is 37.1 Å². The van der Waals surface area contributed by atoms with Gasteiger partial charge < -0.3 is 0 Å². The summed E-state index contributed by atoms with van der Waals surface area (Å²) >= 11 is 5.87. The van der Waals surface area contributed by atoms with Crippen molar-refractivity contribution in [1.29, 1.82) is 0 Å². The molecule has 0 aliphatic rings. The van der Waals surface area contributed by atoms with Gasteiger partial charge in [-0.2, -0.15) is 13.2 Å². The Morgan fingerprint density at radius 3 is 2.33 bits per heavy atom. The summed E-state index contributed by atoms with van der Waals surface area (Å²) in [6.07, 6.45) is -4.58. The topological polar surface area (TPSA) is 12.9 Å². The molecule has 0 bridgehead atoms. The maximum atomic E-state index is 13.2. The highest BCUT2D eigenvalue weighted by Gasteiger charge is 2.36. The number of benzene rings is 1. The van der Waals surface area contributed by atoms with E-state index >= 15 is 0 Å². The summed E-state index contributed by atoms with van der Waals surface area (Å²) in [5, 5.41) is 0.0783. The number of aryl methyl sites for hydroxylation is 1. The Morgan fingerprint density at radius 2 is 1.78 bits per heavy atom. The lowest BCUT2D eigenvalue weighted by atomic mass is 10.1. The van der Waals surface area contributed by atoms with E-state index in [1.165, 1.54) is 13.8 Å². The molecule has 0 aliphatic heterocycles. The monoisotopic (exact) mass is 277 g/mol. The fourth-order valence-corrected chi connectivity index (χ4v) is 2.06. The summed E-state index contributed by atoms with van der Waals surface area (Å²) in [6, 6.07) is 2.21. The highest BCUT2D eigenvalue weighted by atomic mass is 35.5. The van der Waals surface area contributed by atoms with Gasteiger partial charge in [0.2, 0.25) is 0 Å². The number of nitrogens with zero attached hydrogens (tertiary/aromatic N) is 1. The number of pyridine rings is 1. The molecule has 0 atom stereocenters. The predicted molar refractivity (Wildman–Crippen MR) is 61.2 cm³/mol. The van der Waals surface area contributed by atoms with E-state index in [-0.39, 0.29) is 21.5 Å². The molecule has 1 heterocycles. The summed E-state index contributed by atoms with van der Waals surface area (Å²) in [4.78, 5) is 3.57. The number of halogens is 5. The van der Waals surface area contributed by atoms with E-state index < -0.39 is 17.7 Å². The Hall–Kier alpha value is -1.36. The van der Waals surface area contributed by atoms with Crippen molar-refractivity contribution >= 4 is 22.5 Å². The van der Waals surface area contributed by atoms with Crippen molar-refractivity contribution < 1.29 is 17.6 Å². The first-order chi connectivity index (χ1) is 8.21. The van der Waals surface area contributed by atoms with E-state index in [4.69, 9.17) is 11.6 Å². The van der Waals surface area contributed by atoms with Crippen LogP contribution in [-0.2, 0) is 6.18 Å². The fourth-order valence-electron chi connectivity index (χ4n) is 1.83. The smallest absolute Gasteiger partial charge is 0.243 e. The third-order valence-corrected chi connectivity index (χ3v) is 3.17. The molecule has 18 heavy (non-hydrogen) atoms. The average molecular weight is 278 g/mol. The summed E-state index contributed by atoms with van der Waals surface area (Å²) in [5.41, 5.74) is -0.840. The van der Waals surface area contributed by atoms with Gasteiger partial charge in [0.05, 0.1) is 10.5 Å². The third-order valence-electron chi connectivity index (χ3n) is 2.68. The van der Waals surface area contributed by atoms with Crippen molar-refractivity contribution in [3.63, 3.8) is 0 Å². The molecule has 0 saturated heterocycles. The fraction of sp³-hybridized carbons (Fsp3) is 0.250. The minimum Gasteiger partial charge on any atom is -0.243 e. The Bertz CT molecular complexity index is 634. The molecular formula is C12H8ClF4N. The van der Waals surface area contributed by atoms with E-state index in [2.05, 4.69) is 4.98 Å². The van der Waals surface area contributed by atoms with Gasteiger partial charge in [0.15, 0.2) is 0 Å². The molecule has 1 nitrogen and oxygen atoms in total. The zero-order valence-electron chi connectivity index (χ0n) is 9.49. The SMILES string of the molecule is Cc1c(C(F)(F)F)nc2c(C)cc(F)cc2c1Cl. The van der Waals surface area contributed by atoms with Crippen LogP contribution in [0.1, 0.15) is 16.8 Å². The highest BCUT2D eigenvalue weighted by Crippen LogP contribution is 2.37. The second kappa shape index (κ2) is 4.09. The molecule has 0 fully saturated rings. The first-order valence-electron chi connectivity index (χ1n) is 5.05. The van der Waals surface area contributed by atoms with Crippen LogP contribution in [0, 0.1) is 19.7 Å². The van der Waals surface area contributed by atoms with Gasteiger partial charge >= 0.3 is 6.18 Å². The molecule has 6 heteroatoms. The quantitative estimate of drug-likeness (QED) is 0.638. The zero-order valence-corrected chi connectivity index (χ0v) is 10.2. The molecular weight excluding hydrogens is 270 g/mol. The highest BCUT2D eigenvalue weighted by molar-refractivity contribution is 6.36. The molecule has 0 radical (unpaired) electrons. The zero-order chi connectivity index (χ0) is 13.7. The standard InChI is InChI=1S/C12H8ClF4N/c1-5-3-7(14)4-8-9(13)6(2)11(12(15,16)17)18-10(5)8/h3-4H,1-2H3. The lowest BCUT2D eigenvalue weighted by Gasteiger charge is -2.13. The van der Waals surface area contributed by atoms with Crippen LogP contribution in [0.5, 0.6) is 0 Å². The van der Waals surface area contributed by atoms with Crippen LogP contribution in [0.2, 0.25) is 5.02 Å².